The number of hydrogen-bond acceptors (Lipinski definition) is 5. The van der Waals surface area contributed by atoms with Gasteiger partial charge in [0.1, 0.15) is 11.9 Å². The third-order valence-corrected chi connectivity index (χ3v) is 7.00. The Kier molecular flexibility index (Phi) is 7.66. The summed E-state index contributed by atoms with van der Waals surface area (Å²) in [6, 6.07) is 12.0. The van der Waals surface area contributed by atoms with Crippen molar-refractivity contribution in [1.29, 1.82) is 5.26 Å². The molecule has 8 nitrogen and oxygen atoms in total. The second-order valence-electron chi connectivity index (χ2n) is 9.26. The van der Waals surface area contributed by atoms with E-state index < -0.39 is 0 Å². The second kappa shape index (κ2) is 10.9. The van der Waals surface area contributed by atoms with E-state index in [-0.39, 0.29) is 18.4 Å². The zero-order valence-corrected chi connectivity index (χ0v) is 20.2. The van der Waals surface area contributed by atoms with Crippen molar-refractivity contribution in [2.45, 2.75) is 33.1 Å². The number of piperidine rings is 1. The first-order chi connectivity index (χ1) is 16.5. The predicted octanol–water partition coefficient (Wildman–Crippen LogP) is 2.53. The number of amides is 2. The van der Waals surface area contributed by atoms with Gasteiger partial charge >= 0.3 is 0 Å². The lowest BCUT2D eigenvalue weighted by Crippen LogP contribution is -2.51. The van der Waals surface area contributed by atoms with Gasteiger partial charge in [-0.25, -0.2) is 0 Å². The van der Waals surface area contributed by atoms with Crippen LogP contribution in [0.1, 0.15) is 36.1 Å². The van der Waals surface area contributed by atoms with Crippen LogP contribution in [0.5, 0.6) is 0 Å². The van der Waals surface area contributed by atoms with Crippen molar-refractivity contribution < 1.29 is 9.59 Å². The summed E-state index contributed by atoms with van der Waals surface area (Å²) in [6.45, 7) is 9.39. The van der Waals surface area contributed by atoms with Crippen LogP contribution in [0, 0.1) is 25.2 Å². The van der Waals surface area contributed by atoms with E-state index >= 15 is 0 Å². The molecule has 1 N–H and O–H groups in total. The van der Waals surface area contributed by atoms with E-state index in [1.807, 2.05) is 53.6 Å². The first-order valence-electron chi connectivity index (χ1n) is 12.2. The molecule has 34 heavy (non-hydrogen) atoms. The molecule has 1 aromatic heterocycles. The number of nitrogens with one attached hydrogen (secondary N) is 1. The fraction of sp³-hybridized carbons (Fsp3) is 0.500. The van der Waals surface area contributed by atoms with Crippen LogP contribution in [0.15, 0.2) is 30.3 Å². The van der Waals surface area contributed by atoms with Crippen LogP contribution in [0.2, 0.25) is 0 Å². The minimum Gasteiger partial charge on any atom is -0.342 e. The summed E-state index contributed by atoms with van der Waals surface area (Å²) >= 11 is 0. The number of rotatable bonds is 6. The zero-order valence-electron chi connectivity index (χ0n) is 20.2. The molecular formula is C26H34N6O2. The molecule has 2 saturated heterocycles. The summed E-state index contributed by atoms with van der Waals surface area (Å²) < 4.78 is 1.94. The van der Waals surface area contributed by atoms with Crippen LogP contribution >= 0.6 is 0 Å². The van der Waals surface area contributed by atoms with Gasteiger partial charge in [-0.2, -0.15) is 5.26 Å². The van der Waals surface area contributed by atoms with Gasteiger partial charge in [0, 0.05) is 50.6 Å². The Bertz CT molecular complexity index is 1060. The molecule has 0 aliphatic carbocycles. The molecule has 0 radical (unpaired) electrons. The van der Waals surface area contributed by atoms with Gasteiger partial charge in [0.05, 0.1) is 18.7 Å². The third-order valence-electron chi connectivity index (χ3n) is 7.00. The Morgan fingerprint density at radius 1 is 0.912 bits per heavy atom. The molecule has 1 aromatic carbocycles. The van der Waals surface area contributed by atoms with Crippen LogP contribution < -0.4 is 5.32 Å². The van der Waals surface area contributed by atoms with E-state index in [2.05, 4.69) is 21.2 Å². The number of anilines is 1. The smallest absolute Gasteiger partial charge is 0.239 e. The van der Waals surface area contributed by atoms with Crippen LogP contribution in [0.25, 0.3) is 5.69 Å². The topological polar surface area (TPSA) is 84.6 Å². The molecule has 2 fully saturated rings. The van der Waals surface area contributed by atoms with E-state index in [0.717, 1.165) is 69.1 Å². The molecular weight excluding hydrogens is 428 g/mol. The fourth-order valence-corrected chi connectivity index (χ4v) is 4.88. The van der Waals surface area contributed by atoms with Crippen molar-refractivity contribution in [3.63, 3.8) is 0 Å². The van der Waals surface area contributed by atoms with Gasteiger partial charge in [-0.05, 0) is 50.8 Å². The maximum absolute atomic E-state index is 13.0. The molecule has 2 aliphatic rings. The molecule has 2 aliphatic heterocycles. The van der Waals surface area contributed by atoms with Gasteiger partial charge in [-0.15, -0.1) is 0 Å². The number of para-hydroxylation sites is 1. The van der Waals surface area contributed by atoms with E-state index in [0.29, 0.717) is 17.9 Å². The number of hydrogen-bond donors (Lipinski definition) is 1. The van der Waals surface area contributed by atoms with E-state index in [4.69, 9.17) is 0 Å². The van der Waals surface area contributed by atoms with Gasteiger partial charge in [0.2, 0.25) is 11.8 Å². The van der Waals surface area contributed by atoms with Crippen molar-refractivity contribution in [1.82, 2.24) is 19.3 Å². The highest BCUT2D eigenvalue weighted by Gasteiger charge is 2.25. The number of likely N-dealkylation sites (tertiary alicyclic amines) is 1. The monoisotopic (exact) mass is 462 g/mol. The van der Waals surface area contributed by atoms with Crippen molar-refractivity contribution in [2.24, 2.45) is 0 Å². The molecule has 8 heteroatoms. The largest absolute Gasteiger partial charge is 0.342 e. The lowest BCUT2D eigenvalue weighted by atomic mass is 10.1. The highest BCUT2D eigenvalue weighted by Crippen LogP contribution is 2.29. The molecule has 0 atom stereocenters. The third kappa shape index (κ3) is 5.32. The quantitative estimate of drug-likeness (QED) is 0.713. The van der Waals surface area contributed by atoms with Crippen molar-refractivity contribution in [3.05, 3.63) is 47.2 Å². The van der Waals surface area contributed by atoms with E-state index in [1.165, 1.54) is 6.42 Å². The molecule has 0 bridgehead atoms. The molecule has 0 saturated carbocycles. The highest BCUT2D eigenvalue weighted by atomic mass is 16.2. The first-order valence-corrected chi connectivity index (χ1v) is 12.2. The minimum atomic E-state index is -0.135. The normalized spacial score (nSPS) is 17.4. The summed E-state index contributed by atoms with van der Waals surface area (Å²) in [7, 11) is 0. The maximum atomic E-state index is 13.0. The molecule has 180 valence electrons. The number of carbonyl (C=O) groups is 2. The zero-order chi connectivity index (χ0) is 24.1. The fourth-order valence-electron chi connectivity index (χ4n) is 4.88. The highest BCUT2D eigenvalue weighted by molar-refractivity contribution is 5.93. The summed E-state index contributed by atoms with van der Waals surface area (Å²) in [5.74, 6) is 0.617. The number of carbonyl (C=O) groups excluding carboxylic acids is 2. The Morgan fingerprint density at radius 2 is 1.53 bits per heavy atom. The SMILES string of the molecule is Cc1c(C#N)c(NC(=O)CN2CCN(CC(=O)N3CCCCC3)CC2)n(-c2ccccc2)c1C. The average molecular weight is 463 g/mol. The first kappa shape index (κ1) is 24.0. The number of nitriles is 1. The van der Waals surface area contributed by atoms with Crippen LogP contribution in [0.4, 0.5) is 5.82 Å². The number of aromatic nitrogens is 1. The summed E-state index contributed by atoms with van der Waals surface area (Å²) in [5.41, 5.74) is 3.21. The van der Waals surface area contributed by atoms with Crippen LogP contribution in [-0.4, -0.2) is 83.4 Å². The van der Waals surface area contributed by atoms with E-state index in [1.54, 1.807) is 0 Å². The molecule has 2 amide bonds. The number of nitrogens with zero attached hydrogens (tertiary/aromatic N) is 5. The molecule has 0 spiro atoms. The van der Waals surface area contributed by atoms with Crippen LogP contribution in [-0.2, 0) is 9.59 Å². The maximum Gasteiger partial charge on any atom is 0.239 e. The molecule has 3 heterocycles. The molecule has 2 aromatic rings. The molecule has 0 unspecified atom stereocenters. The Morgan fingerprint density at radius 3 is 2.15 bits per heavy atom. The summed E-state index contributed by atoms with van der Waals surface area (Å²) in [4.78, 5) is 31.8. The number of piperazine rings is 1. The van der Waals surface area contributed by atoms with Gasteiger partial charge in [-0.3, -0.25) is 24.0 Å². The van der Waals surface area contributed by atoms with Gasteiger partial charge in [0.25, 0.3) is 0 Å². The van der Waals surface area contributed by atoms with E-state index in [9.17, 15) is 14.9 Å². The van der Waals surface area contributed by atoms with Gasteiger partial charge in [0.15, 0.2) is 0 Å². The second-order valence-corrected chi connectivity index (χ2v) is 9.26. The van der Waals surface area contributed by atoms with Gasteiger partial charge in [-0.1, -0.05) is 18.2 Å². The lowest BCUT2D eigenvalue weighted by Gasteiger charge is -2.35. The lowest BCUT2D eigenvalue weighted by molar-refractivity contribution is -0.134. The number of benzene rings is 1. The Labute approximate surface area is 201 Å². The summed E-state index contributed by atoms with van der Waals surface area (Å²) in [6.07, 6.45) is 3.43. The Hall–Kier alpha value is -3.15. The van der Waals surface area contributed by atoms with Gasteiger partial charge < -0.3 is 10.2 Å². The van der Waals surface area contributed by atoms with Crippen molar-refractivity contribution in [2.75, 3.05) is 57.7 Å². The minimum absolute atomic E-state index is 0.135. The average Bonchev–Trinajstić information content (AvgIpc) is 3.09. The molecule has 4 rings (SSSR count). The van der Waals surface area contributed by atoms with Crippen molar-refractivity contribution in [3.8, 4) is 11.8 Å². The van der Waals surface area contributed by atoms with Crippen molar-refractivity contribution >= 4 is 17.6 Å². The van der Waals surface area contributed by atoms with Crippen LogP contribution in [0.3, 0.4) is 0 Å². The Balaban J connectivity index is 1.35. The predicted molar refractivity (Wildman–Crippen MR) is 132 cm³/mol. The summed E-state index contributed by atoms with van der Waals surface area (Å²) in [5, 5.41) is 12.8. The standard InChI is InChI=1S/C26H34N6O2/c1-20-21(2)32(22-9-5-3-6-10-22)26(23(20)17-27)28-24(33)18-29-13-15-30(16-14-29)19-25(34)31-11-7-4-8-12-31/h3,5-6,9-10H,4,7-8,11-16,18-19H2,1-2H3,(H,28,33).